The predicted molar refractivity (Wildman–Crippen MR) is 106 cm³/mol. The third kappa shape index (κ3) is 3.23. The molecule has 8 heteroatoms. The van der Waals surface area contributed by atoms with Crippen molar-refractivity contribution in [1.29, 1.82) is 0 Å². The molecule has 29 heavy (non-hydrogen) atoms. The van der Waals surface area contributed by atoms with E-state index in [1.165, 1.54) is 11.3 Å². The van der Waals surface area contributed by atoms with Crippen molar-refractivity contribution >= 4 is 23.2 Å². The second-order valence-corrected chi connectivity index (χ2v) is 9.83. The number of hydrogen-bond acceptors (Lipinski definition) is 4. The minimum atomic E-state index is -0.901. The van der Waals surface area contributed by atoms with E-state index in [1.54, 1.807) is 24.1 Å². The first-order valence-electron chi connectivity index (χ1n) is 9.52. The summed E-state index contributed by atoms with van der Waals surface area (Å²) < 4.78 is 27.5. The number of nitrogens with zero attached hydrogens (tertiary/aromatic N) is 3. The molecule has 2 saturated heterocycles. The first-order chi connectivity index (χ1) is 13.5. The van der Waals surface area contributed by atoms with Crippen molar-refractivity contribution in [3.05, 3.63) is 40.9 Å². The van der Waals surface area contributed by atoms with Crippen LogP contribution in [0.25, 0.3) is 10.6 Å². The summed E-state index contributed by atoms with van der Waals surface area (Å²) in [6.07, 6.45) is 0. The lowest BCUT2D eigenvalue weighted by Gasteiger charge is -2.55. The Morgan fingerprint density at radius 3 is 2.59 bits per heavy atom. The molecule has 2 amide bonds. The highest BCUT2D eigenvalue weighted by Gasteiger charge is 2.51. The first kappa shape index (κ1) is 19.9. The van der Waals surface area contributed by atoms with Crippen LogP contribution in [-0.4, -0.2) is 52.3 Å². The molecule has 2 fully saturated rings. The summed E-state index contributed by atoms with van der Waals surface area (Å²) in [5.41, 5.74) is -0.586. The number of hydrogen-bond donors (Lipinski definition) is 0. The van der Waals surface area contributed by atoms with Gasteiger partial charge in [0.25, 0.3) is 0 Å². The maximum Gasteiger partial charge on any atom is 0.234 e. The summed E-state index contributed by atoms with van der Waals surface area (Å²) in [7, 11) is 0. The lowest BCUT2D eigenvalue weighted by Crippen LogP contribution is -2.71. The van der Waals surface area contributed by atoms with E-state index in [2.05, 4.69) is 4.98 Å². The monoisotopic (exact) mass is 419 g/mol. The second kappa shape index (κ2) is 6.58. The van der Waals surface area contributed by atoms with Crippen LogP contribution in [0.4, 0.5) is 8.78 Å². The molecule has 3 heterocycles. The largest absolute Gasteiger partial charge is 0.338 e. The Kier molecular flexibility index (Phi) is 4.53. The summed E-state index contributed by atoms with van der Waals surface area (Å²) in [6.45, 7) is 9.16. The van der Waals surface area contributed by atoms with Crippen LogP contribution < -0.4 is 0 Å². The summed E-state index contributed by atoms with van der Waals surface area (Å²) in [6, 6.07) is 3.31. The molecule has 0 N–H and O–H groups in total. The average molecular weight is 419 g/mol. The molecule has 2 aliphatic rings. The molecule has 0 saturated carbocycles. The molecule has 2 aliphatic heterocycles. The molecule has 0 radical (unpaired) electrons. The molecule has 0 atom stereocenters. The van der Waals surface area contributed by atoms with Crippen molar-refractivity contribution in [2.75, 3.05) is 19.6 Å². The lowest BCUT2D eigenvalue weighted by atomic mass is 9.80. The van der Waals surface area contributed by atoms with Gasteiger partial charge >= 0.3 is 0 Å². The van der Waals surface area contributed by atoms with Crippen molar-refractivity contribution in [1.82, 2.24) is 14.8 Å². The van der Waals surface area contributed by atoms with Gasteiger partial charge in [-0.3, -0.25) is 9.59 Å². The van der Waals surface area contributed by atoms with Gasteiger partial charge < -0.3 is 9.80 Å². The Labute approximate surface area is 172 Å². The third-order valence-corrected chi connectivity index (χ3v) is 6.71. The van der Waals surface area contributed by atoms with Gasteiger partial charge in [0, 0.05) is 30.6 Å². The zero-order chi connectivity index (χ0) is 21.1. The van der Waals surface area contributed by atoms with E-state index >= 15 is 0 Å². The molecule has 0 aliphatic carbocycles. The van der Waals surface area contributed by atoms with Gasteiger partial charge in [-0.1, -0.05) is 0 Å². The standard InChI is InChI=1S/C21H23F2N3O2S/c1-20(2)11-26(18(20)27)13-8-25(9-13)19(28)21(3,4)16-10-29-17(24-16)14-7-12(22)5-6-15(14)23/h5-7,10,13H,8-9,11H2,1-4H3. The minimum Gasteiger partial charge on any atom is -0.338 e. The number of rotatable bonds is 4. The Morgan fingerprint density at radius 2 is 1.97 bits per heavy atom. The average Bonchev–Trinajstić information content (AvgIpc) is 3.12. The van der Waals surface area contributed by atoms with E-state index in [4.69, 9.17) is 0 Å². The van der Waals surface area contributed by atoms with Gasteiger partial charge in [0.15, 0.2) is 0 Å². The number of halogens is 2. The quantitative estimate of drug-likeness (QED) is 0.714. The molecule has 0 unspecified atom stereocenters. The third-order valence-electron chi connectivity index (χ3n) is 5.83. The zero-order valence-electron chi connectivity index (χ0n) is 16.8. The van der Waals surface area contributed by atoms with E-state index in [0.29, 0.717) is 23.8 Å². The maximum absolute atomic E-state index is 14.0. The molecular weight excluding hydrogens is 396 g/mol. The SMILES string of the molecule is CC1(C)CN(C2CN(C(=O)C(C)(C)c3csc(-c4cc(F)ccc4F)n3)C2)C1=O. The number of likely N-dealkylation sites (tertiary alicyclic amines) is 2. The molecule has 154 valence electrons. The fourth-order valence-corrected chi connectivity index (χ4v) is 4.83. The Bertz CT molecular complexity index is 996. The summed E-state index contributed by atoms with van der Waals surface area (Å²) in [5, 5.41) is 2.06. The molecule has 2 aromatic rings. The van der Waals surface area contributed by atoms with Crippen LogP contribution in [0, 0.1) is 17.0 Å². The van der Waals surface area contributed by atoms with E-state index in [0.717, 1.165) is 24.7 Å². The molecule has 0 spiro atoms. The number of β-lactam (4-membered cyclic amide) rings is 1. The normalized spacial score (nSPS) is 19.2. The van der Waals surface area contributed by atoms with Crippen LogP contribution in [-0.2, 0) is 15.0 Å². The van der Waals surface area contributed by atoms with Gasteiger partial charge in [0.2, 0.25) is 11.8 Å². The smallest absolute Gasteiger partial charge is 0.234 e. The van der Waals surface area contributed by atoms with Gasteiger partial charge in [-0.05, 0) is 45.9 Å². The van der Waals surface area contributed by atoms with Gasteiger partial charge in [0.05, 0.1) is 22.6 Å². The molecule has 1 aromatic heterocycles. The molecular formula is C21H23F2N3O2S. The van der Waals surface area contributed by atoms with E-state index in [9.17, 15) is 18.4 Å². The van der Waals surface area contributed by atoms with Crippen molar-refractivity contribution < 1.29 is 18.4 Å². The molecule has 0 bridgehead atoms. The van der Waals surface area contributed by atoms with Gasteiger partial charge in [-0.25, -0.2) is 13.8 Å². The lowest BCUT2D eigenvalue weighted by molar-refractivity contribution is -0.170. The Balaban J connectivity index is 1.45. The van der Waals surface area contributed by atoms with Crippen molar-refractivity contribution in [3.63, 3.8) is 0 Å². The topological polar surface area (TPSA) is 53.5 Å². The van der Waals surface area contributed by atoms with Crippen LogP contribution in [0.15, 0.2) is 23.6 Å². The highest BCUT2D eigenvalue weighted by atomic mass is 32.1. The maximum atomic E-state index is 14.0. The van der Waals surface area contributed by atoms with Gasteiger partial charge in [-0.15, -0.1) is 11.3 Å². The highest BCUT2D eigenvalue weighted by Crippen LogP contribution is 2.37. The van der Waals surface area contributed by atoms with Crippen molar-refractivity contribution in [3.8, 4) is 10.6 Å². The van der Waals surface area contributed by atoms with Crippen LogP contribution in [0.1, 0.15) is 33.4 Å². The van der Waals surface area contributed by atoms with Crippen LogP contribution in [0.2, 0.25) is 0 Å². The van der Waals surface area contributed by atoms with Crippen LogP contribution in [0.3, 0.4) is 0 Å². The fourth-order valence-electron chi connectivity index (χ4n) is 3.83. The first-order valence-corrected chi connectivity index (χ1v) is 10.4. The number of benzene rings is 1. The summed E-state index contributed by atoms with van der Waals surface area (Å²) in [4.78, 5) is 33.2. The van der Waals surface area contributed by atoms with Gasteiger partial charge in [-0.2, -0.15) is 0 Å². The van der Waals surface area contributed by atoms with Crippen LogP contribution in [0.5, 0.6) is 0 Å². The number of carbonyl (C=O) groups is 2. The number of thiazole rings is 1. The highest BCUT2D eigenvalue weighted by molar-refractivity contribution is 7.13. The van der Waals surface area contributed by atoms with Crippen LogP contribution >= 0.6 is 11.3 Å². The summed E-state index contributed by atoms with van der Waals surface area (Å²) in [5.74, 6) is -1.04. The van der Waals surface area contributed by atoms with Crippen molar-refractivity contribution in [2.24, 2.45) is 5.41 Å². The Hall–Kier alpha value is -2.35. The predicted octanol–water partition coefficient (Wildman–Crippen LogP) is 3.45. The number of carbonyl (C=O) groups excluding carboxylic acids is 2. The molecule has 4 rings (SSSR count). The van der Waals surface area contributed by atoms with Gasteiger partial charge in [0.1, 0.15) is 16.6 Å². The van der Waals surface area contributed by atoms with E-state index in [-0.39, 0.29) is 28.8 Å². The van der Waals surface area contributed by atoms with E-state index in [1.807, 2.05) is 18.7 Å². The summed E-state index contributed by atoms with van der Waals surface area (Å²) >= 11 is 1.18. The zero-order valence-corrected chi connectivity index (χ0v) is 17.6. The molecule has 5 nitrogen and oxygen atoms in total. The Morgan fingerprint density at radius 1 is 1.28 bits per heavy atom. The second-order valence-electron chi connectivity index (χ2n) is 8.97. The molecule has 1 aromatic carbocycles. The number of aromatic nitrogens is 1. The fraction of sp³-hybridized carbons (Fsp3) is 0.476. The van der Waals surface area contributed by atoms with Crippen molar-refractivity contribution in [2.45, 2.75) is 39.2 Å². The minimum absolute atomic E-state index is 0.0719. The number of amides is 2. The van der Waals surface area contributed by atoms with E-state index < -0.39 is 17.0 Å².